The molecule has 1 aliphatic carbocycles. The van der Waals surface area contributed by atoms with Crippen LogP contribution >= 0.6 is 11.6 Å². The predicted molar refractivity (Wildman–Crippen MR) is 77.3 cm³/mol. The third-order valence-corrected chi connectivity index (χ3v) is 4.62. The van der Waals surface area contributed by atoms with Gasteiger partial charge in [-0.2, -0.15) is 19.6 Å². The molecule has 20 heavy (non-hydrogen) atoms. The van der Waals surface area contributed by atoms with E-state index in [9.17, 15) is 0 Å². The standard InChI is InChI=1S/C13H17ClN6/c1-9-11(14)17-13-15-8-16-20(13)12(9)19-6-4-18(5-7-19)10-2-3-10/h8,10H,2-7H2,1H3. The highest BCUT2D eigenvalue weighted by atomic mass is 35.5. The quantitative estimate of drug-likeness (QED) is 0.783. The summed E-state index contributed by atoms with van der Waals surface area (Å²) in [4.78, 5) is 13.4. The van der Waals surface area contributed by atoms with Crippen LogP contribution < -0.4 is 4.90 Å². The second kappa shape index (κ2) is 4.56. The van der Waals surface area contributed by atoms with Gasteiger partial charge in [0.05, 0.1) is 0 Å². The van der Waals surface area contributed by atoms with Crippen molar-refractivity contribution in [2.75, 3.05) is 31.1 Å². The monoisotopic (exact) mass is 292 g/mol. The fourth-order valence-electron chi connectivity index (χ4n) is 2.99. The average molecular weight is 293 g/mol. The third kappa shape index (κ3) is 1.94. The summed E-state index contributed by atoms with van der Waals surface area (Å²) >= 11 is 6.23. The number of fused-ring (bicyclic) bond motifs is 1. The zero-order valence-corrected chi connectivity index (χ0v) is 12.2. The van der Waals surface area contributed by atoms with Crippen molar-refractivity contribution in [3.05, 3.63) is 17.0 Å². The van der Waals surface area contributed by atoms with Crippen LogP contribution in [0.2, 0.25) is 5.15 Å². The molecule has 0 bridgehead atoms. The van der Waals surface area contributed by atoms with Crippen LogP contribution in [-0.4, -0.2) is 56.7 Å². The molecule has 1 aliphatic heterocycles. The van der Waals surface area contributed by atoms with Gasteiger partial charge in [0.2, 0.25) is 0 Å². The first-order valence-corrected chi connectivity index (χ1v) is 7.46. The van der Waals surface area contributed by atoms with E-state index in [2.05, 4.69) is 24.9 Å². The molecule has 1 saturated carbocycles. The SMILES string of the molecule is Cc1c(Cl)nc2ncnn2c1N1CCN(C2CC2)CC1. The lowest BCUT2D eigenvalue weighted by atomic mass is 10.2. The molecule has 2 aromatic rings. The molecule has 2 aromatic heterocycles. The Kier molecular flexibility index (Phi) is 2.82. The minimum Gasteiger partial charge on any atom is -0.354 e. The third-order valence-electron chi connectivity index (χ3n) is 4.25. The van der Waals surface area contributed by atoms with E-state index < -0.39 is 0 Å². The highest BCUT2D eigenvalue weighted by molar-refractivity contribution is 6.30. The van der Waals surface area contributed by atoms with E-state index in [0.717, 1.165) is 43.6 Å². The van der Waals surface area contributed by atoms with Crippen molar-refractivity contribution >= 4 is 23.2 Å². The normalized spacial score (nSPS) is 20.8. The molecule has 0 spiro atoms. The highest BCUT2D eigenvalue weighted by Crippen LogP contribution is 2.30. The summed E-state index contributed by atoms with van der Waals surface area (Å²) in [5.74, 6) is 1.60. The van der Waals surface area contributed by atoms with E-state index in [1.54, 1.807) is 4.52 Å². The van der Waals surface area contributed by atoms with Crippen LogP contribution in [-0.2, 0) is 0 Å². The summed E-state index contributed by atoms with van der Waals surface area (Å²) < 4.78 is 1.80. The zero-order valence-electron chi connectivity index (χ0n) is 11.5. The Morgan fingerprint density at radius 3 is 2.65 bits per heavy atom. The summed E-state index contributed by atoms with van der Waals surface area (Å²) in [5, 5.41) is 4.81. The van der Waals surface area contributed by atoms with Gasteiger partial charge in [-0.15, -0.1) is 0 Å². The molecule has 0 amide bonds. The Labute approximate surface area is 122 Å². The van der Waals surface area contributed by atoms with Gasteiger partial charge in [0, 0.05) is 37.8 Å². The lowest BCUT2D eigenvalue weighted by molar-refractivity contribution is 0.247. The van der Waals surface area contributed by atoms with Crippen molar-refractivity contribution < 1.29 is 0 Å². The van der Waals surface area contributed by atoms with Gasteiger partial charge >= 0.3 is 0 Å². The zero-order chi connectivity index (χ0) is 13.7. The van der Waals surface area contributed by atoms with Crippen molar-refractivity contribution in [1.29, 1.82) is 0 Å². The van der Waals surface area contributed by atoms with E-state index in [-0.39, 0.29) is 0 Å². The molecule has 2 aliphatic rings. The van der Waals surface area contributed by atoms with Crippen molar-refractivity contribution in [1.82, 2.24) is 24.5 Å². The molecule has 0 N–H and O–H groups in total. The van der Waals surface area contributed by atoms with E-state index in [1.807, 2.05) is 6.92 Å². The molecule has 1 saturated heterocycles. The largest absolute Gasteiger partial charge is 0.354 e. The second-order valence-corrected chi connectivity index (χ2v) is 5.94. The maximum Gasteiger partial charge on any atom is 0.255 e. The molecule has 2 fully saturated rings. The first-order valence-electron chi connectivity index (χ1n) is 7.09. The van der Waals surface area contributed by atoms with E-state index in [4.69, 9.17) is 11.6 Å². The van der Waals surface area contributed by atoms with Gasteiger partial charge < -0.3 is 4.90 Å². The Bertz CT molecular complexity index is 642. The minimum atomic E-state index is 0.519. The fourth-order valence-corrected chi connectivity index (χ4v) is 3.15. The summed E-state index contributed by atoms with van der Waals surface area (Å²) in [6.07, 6.45) is 4.27. The predicted octanol–water partition coefficient (Wildman–Crippen LogP) is 1.37. The number of halogens is 1. The Morgan fingerprint density at radius 1 is 1.20 bits per heavy atom. The van der Waals surface area contributed by atoms with Crippen LogP contribution in [0.3, 0.4) is 0 Å². The minimum absolute atomic E-state index is 0.519. The van der Waals surface area contributed by atoms with Crippen molar-refractivity contribution in [3.8, 4) is 0 Å². The molecule has 0 radical (unpaired) electrons. The molecule has 6 nitrogen and oxygen atoms in total. The van der Waals surface area contributed by atoms with E-state index in [0.29, 0.717) is 10.9 Å². The number of piperazine rings is 1. The average Bonchev–Trinajstić information content (AvgIpc) is 3.21. The molecule has 0 unspecified atom stereocenters. The summed E-state index contributed by atoms with van der Waals surface area (Å²) in [6, 6.07) is 0.839. The number of aromatic nitrogens is 4. The second-order valence-electron chi connectivity index (χ2n) is 5.58. The maximum atomic E-state index is 6.23. The first-order chi connectivity index (χ1) is 9.74. The van der Waals surface area contributed by atoms with Gasteiger partial charge in [-0.3, -0.25) is 4.90 Å². The summed E-state index contributed by atoms with van der Waals surface area (Å²) in [6.45, 7) is 6.23. The van der Waals surface area contributed by atoms with Gasteiger partial charge in [0.1, 0.15) is 17.3 Å². The smallest absolute Gasteiger partial charge is 0.255 e. The molecule has 3 heterocycles. The molecule has 0 aromatic carbocycles. The van der Waals surface area contributed by atoms with Gasteiger partial charge in [0.15, 0.2) is 0 Å². The van der Waals surface area contributed by atoms with Crippen molar-refractivity contribution in [2.45, 2.75) is 25.8 Å². The first kappa shape index (κ1) is 12.3. The number of nitrogens with zero attached hydrogens (tertiary/aromatic N) is 6. The van der Waals surface area contributed by atoms with Crippen molar-refractivity contribution in [2.24, 2.45) is 0 Å². The maximum absolute atomic E-state index is 6.23. The lowest BCUT2D eigenvalue weighted by Gasteiger charge is -2.36. The van der Waals surface area contributed by atoms with Crippen LogP contribution in [0.25, 0.3) is 5.78 Å². The number of anilines is 1. The Hall–Kier alpha value is -1.40. The van der Waals surface area contributed by atoms with Gasteiger partial charge in [0.25, 0.3) is 5.78 Å². The van der Waals surface area contributed by atoms with Crippen LogP contribution in [0, 0.1) is 6.92 Å². The number of rotatable bonds is 2. The molecular formula is C13H17ClN6. The van der Waals surface area contributed by atoms with Crippen LogP contribution in [0.4, 0.5) is 5.82 Å². The van der Waals surface area contributed by atoms with Crippen LogP contribution in [0.15, 0.2) is 6.33 Å². The topological polar surface area (TPSA) is 49.6 Å². The Balaban J connectivity index is 1.67. The van der Waals surface area contributed by atoms with E-state index in [1.165, 1.54) is 19.2 Å². The molecule has 106 valence electrons. The summed E-state index contributed by atoms with van der Waals surface area (Å²) in [7, 11) is 0. The molecule has 4 rings (SSSR count). The van der Waals surface area contributed by atoms with Gasteiger partial charge in [-0.25, -0.2) is 0 Å². The number of hydrogen-bond donors (Lipinski definition) is 0. The molecular weight excluding hydrogens is 276 g/mol. The number of hydrogen-bond acceptors (Lipinski definition) is 5. The lowest BCUT2D eigenvalue weighted by Crippen LogP contribution is -2.48. The van der Waals surface area contributed by atoms with Gasteiger partial charge in [-0.05, 0) is 19.8 Å². The van der Waals surface area contributed by atoms with Crippen LogP contribution in [0.1, 0.15) is 18.4 Å². The summed E-state index contributed by atoms with van der Waals surface area (Å²) in [5.41, 5.74) is 0.976. The highest BCUT2D eigenvalue weighted by Gasteiger charge is 2.32. The molecule has 7 heteroatoms. The van der Waals surface area contributed by atoms with E-state index >= 15 is 0 Å². The van der Waals surface area contributed by atoms with Gasteiger partial charge in [-0.1, -0.05) is 11.6 Å². The molecule has 0 atom stereocenters. The van der Waals surface area contributed by atoms with Crippen molar-refractivity contribution in [3.63, 3.8) is 0 Å². The Morgan fingerprint density at radius 2 is 1.95 bits per heavy atom. The van der Waals surface area contributed by atoms with Crippen LogP contribution in [0.5, 0.6) is 0 Å². The fraction of sp³-hybridized carbons (Fsp3) is 0.615.